The number of rotatable bonds is 3. The van der Waals surface area contributed by atoms with Crippen molar-refractivity contribution >= 4 is 11.6 Å². The largest absolute Gasteiger partial charge is 0.418 e. The van der Waals surface area contributed by atoms with Crippen LogP contribution in [0, 0.1) is 0 Å². The molecule has 2 N–H and O–H groups in total. The van der Waals surface area contributed by atoms with Gasteiger partial charge in [0.2, 0.25) is 0 Å². The van der Waals surface area contributed by atoms with Crippen LogP contribution in [-0.4, -0.2) is 23.4 Å². The summed E-state index contributed by atoms with van der Waals surface area (Å²) >= 11 is 0. The highest BCUT2D eigenvalue weighted by Gasteiger charge is 2.35. The van der Waals surface area contributed by atoms with Gasteiger partial charge in [0.05, 0.1) is 16.8 Å². The number of halogens is 3. The predicted octanol–water partition coefficient (Wildman–Crippen LogP) is 3.55. The molecule has 0 unspecified atom stereocenters. The number of hydrogen-bond donors (Lipinski definition) is 1. The van der Waals surface area contributed by atoms with Gasteiger partial charge in [-0.05, 0) is 32.4 Å². The van der Waals surface area contributed by atoms with Gasteiger partial charge in [-0.1, -0.05) is 13.0 Å². The molecule has 0 aliphatic rings. The molecule has 0 atom stereocenters. The number of nitrogen functional groups attached to an aromatic ring is 1. The zero-order chi connectivity index (χ0) is 15.7. The van der Waals surface area contributed by atoms with E-state index in [0.717, 1.165) is 6.07 Å². The molecule has 0 saturated carbocycles. The first kappa shape index (κ1) is 16.3. The van der Waals surface area contributed by atoms with Crippen LogP contribution in [0.15, 0.2) is 18.2 Å². The Balaban J connectivity index is 3.25. The van der Waals surface area contributed by atoms with Crippen molar-refractivity contribution in [3.8, 4) is 0 Å². The van der Waals surface area contributed by atoms with Crippen molar-refractivity contribution in [3.63, 3.8) is 0 Å². The van der Waals surface area contributed by atoms with E-state index in [4.69, 9.17) is 5.73 Å². The van der Waals surface area contributed by atoms with E-state index < -0.39 is 28.9 Å². The van der Waals surface area contributed by atoms with Crippen molar-refractivity contribution in [3.05, 3.63) is 29.3 Å². The van der Waals surface area contributed by atoms with E-state index in [2.05, 4.69) is 0 Å². The lowest BCUT2D eigenvalue weighted by molar-refractivity contribution is -0.136. The molecule has 3 nitrogen and oxygen atoms in total. The molecule has 0 aliphatic carbocycles. The lowest BCUT2D eigenvalue weighted by atomic mass is 9.97. The number of carbonyl (C=O) groups excluding carboxylic acids is 1. The first-order valence-corrected chi connectivity index (χ1v) is 6.26. The van der Waals surface area contributed by atoms with Crippen LogP contribution in [0.2, 0.25) is 0 Å². The molecule has 0 aliphatic heterocycles. The Kier molecular flexibility index (Phi) is 4.36. The van der Waals surface area contributed by atoms with E-state index in [1.807, 2.05) is 20.8 Å². The smallest absolute Gasteiger partial charge is 0.398 e. The number of amides is 1. The number of benzene rings is 1. The van der Waals surface area contributed by atoms with Crippen molar-refractivity contribution in [2.24, 2.45) is 0 Å². The van der Waals surface area contributed by atoms with E-state index >= 15 is 0 Å². The number of anilines is 1. The molecule has 20 heavy (non-hydrogen) atoms. The maximum absolute atomic E-state index is 12.8. The van der Waals surface area contributed by atoms with Gasteiger partial charge in [0, 0.05) is 12.6 Å². The average Bonchev–Trinajstić information content (AvgIpc) is 2.35. The topological polar surface area (TPSA) is 46.3 Å². The molecule has 0 saturated heterocycles. The average molecular weight is 288 g/mol. The van der Waals surface area contributed by atoms with Gasteiger partial charge in [-0.25, -0.2) is 0 Å². The summed E-state index contributed by atoms with van der Waals surface area (Å²) in [5, 5.41) is 0. The molecule has 1 rings (SSSR count). The van der Waals surface area contributed by atoms with Crippen LogP contribution in [0.3, 0.4) is 0 Å². The minimum Gasteiger partial charge on any atom is -0.398 e. The van der Waals surface area contributed by atoms with Gasteiger partial charge in [-0.15, -0.1) is 0 Å². The highest BCUT2D eigenvalue weighted by Crippen LogP contribution is 2.35. The maximum atomic E-state index is 12.8. The number of para-hydroxylation sites is 1. The van der Waals surface area contributed by atoms with E-state index in [-0.39, 0.29) is 5.56 Å². The standard InChI is InChI=1S/C14H19F3N2O/c1-5-13(2,3)19(4)12(20)9-7-6-8-10(11(9)18)14(15,16)17/h6-8H,5,18H2,1-4H3. The monoisotopic (exact) mass is 288 g/mol. The first-order chi connectivity index (χ1) is 9.02. The number of nitrogens with zero attached hydrogens (tertiary/aromatic N) is 1. The highest BCUT2D eigenvalue weighted by molar-refractivity contribution is 6.00. The van der Waals surface area contributed by atoms with E-state index in [1.165, 1.54) is 17.0 Å². The lowest BCUT2D eigenvalue weighted by Gasteiger charge is -2.35. The van der Waals surface area contributed by atoms with Gasteiger partial charge in [0.1, 0.15) is 0 Å². The predicted molar refractivity (Wildman–Crippen MR) is 72.3 cm³/mol. The van der Waals surface area contributed by atoms with Crippen LogP contribution in [0.5, 0.6) is 0 Å². The third kappa shape index (κ3) is 3.05. The molecule has 0 heterocycles. The lowest BCUT2D eigenvalue weighted by Crippen LogP contribution is -2.44. The van der Waals surface area contributed by atoms with Crippen LogP contribution in [0.1, 0.15) is 43.1 Å². The van der Waals surface area contributed by atoms with Crippen molar-refractivity contribution in [1.29, 1.82) is 0 Å². The molecule has 0 spiro atoms. The summed E-state index contributed by atoms with van der Waals surface area (Å²) in [4.78, 5) is 13.7. The Morgan fingerprint density at radius 2 is 1.85 bits per heavy atom. The fourth-order valence-electron chi connectivity index (χ4n) is 1.69. The normalized spacial score (nSPS) is 12.3. The zero-order valence-electron chi connectivity index (χ0n) is 12.0. The van der Waals surface area contributed by atoms with Crippen molar-refractivity contribution in [1.82, 2.24) is 4.90 Å². The maximum Gasteiger partial charge on any atom is 0.418 e. The SMILES string of the molecule is CCC(C)(C)N(C)C(=O)c1cccc(C(F)(F)F)c1N. The Morgan fingerprint density at radius 1 is 1.30 bits per heavy atom. The highest BCUT2D eigenvalue weighted by atomic mass is 19.4. The molecule has 0 radical (unpaired) electrons. The second-order valence-electron chi connectivity index (χ2n) is 5.29. The number of alkyl halides is 3. The third-order valence-corrected chi connectivity index (χ3v) is 3.72. The Bertz CT molecular complexity index is 510. The summed E-state index contributed by atoms with van der Waals surface area (Å²) < 4.78 is 38.4. The fourth-order valence-corrected chi connectivity index (χ4v) is 1.69. The third-order valence-electron chi connectivity index (χ3n) is 3.72. The molecule has 6 heteroatoms. The fraction of sp³-hybridized carbons (Fsp3) is 0.500. The molecule has 0 aromatic heterocycles. The van der Waals surface area contributed by atoms with E-state index in [9.17, 15) is 18.0 Å². The van der Waals surface area contributed by atoms with Crippen LogP contribution >= 0.6 is 0 Å². The van der Waals surface area contributed by atoms with Crippen LogP contribution in [0.25, 0.3) is 0 Å². The molecular formula is C14H19F3N2O. The summed E-state index contributed by atoms with van der Waals surface area (Å²) in [6.07, 6.45) is -3.90. The van der Waals surface area contributed by atoms with E-state index in [0.29, 0.717) is 6.42 Å². The van der Waals surface area contributed by atoms with Gasteiger partial charge in [-0.3, -0.25) is 4.79 Å². The first-order valence-electron chi connectivity index (χ1n) is 6.26. The molecule has 0 bridgehead atoms. The number of nitrogens with two attached hydrogens (primary N) is 1. The summed E-state index contributed by atoms with van der Waals surface area (Å²) in [5.74, 6) is -0.513. The zero-order valence-corrected chi connectivity index (χ0v) is 12.0. The second kappa shape index (κ2) is 5.34. The molecule has 1 amide bonds. The van der Waals surface area contributed by atoms with Crippen LogP contribution in [0.4, 0.5) is 18.9 Å². The summed E-state index contributed by atoms with van der Waals surface area (Å²) in [7, 11) is 1.56. The van der Waals surface area contributed by atoms with Crippen LogP contribution in [-0.2, 0) is 6.18 Å². The van der Waals surface area contributed by atoms with E-state index in [1.54, 1.807) is 7.05 Å². The Morgan fingerprint density at radius 3 is 2.30 bits per heavy atom. The minimum atomic E-state index is -4.57. The Hall–Kier alpha value is -1.72. The van der Waals surface area contributed by atoms with Gasteiger partial charge < -0.3 is 10.6 Å². The van der Waals surface area contributed by atoms with Crippen molar-refractivity contribution in [2.75, 3.05) is 12.8 Å². The summed E-state index contributed by atoms with van der Waals surface area (Å²) in [5.41, 5.74) is 3.44. The molecule has 0 fully saturated rings. The molecule has 1 aromatic carbocycles. The molecular weight excluding hydrogens is 269 g/mol. The van der Waals surface area contributed by atoms with Gasteiger partial charge >= 0.3 is 6.18 Å². The quantitative estimate of drug-likeness (QED) is 0.865. The van der Waals surface area contributed by atoms with Crippen molar-refractivity contribution < 1.29 is 18.0 Å². The minimum absolute atomic E-state index is 0.121. The van der Waals surface area contributed by atoms with Gasteiger partial charge in [-0.2, -0.15) is 13.2 Å². The van der Waals surface area contributed by atoms with Crippen molar-refractivity contribution in [2.45, 2.75) is 38.9 Å². The number of hydrogen-bond acceptors (Lipinski definition) is 2. The second-order valence-corrected chi connectivity index (χ2v) is 5.29. The Labute approximate surface area is 116 Å². The molecule has 112 valence electrons. The summed E-state index contributed by atoms with van der Waals surface area (Å²) in [6, 6.07) is 3.38. The molecule has 1 aromatic rings. The van der Waals surface area contributed by atoms with Crippen LogP contribution < -0.4 is 5.73 Å². The van der Waals surface area contributed by atoms with Gasteiger partial charge in [0.25, 0.3) is 5.91 Å². The van der Waals surface area contributed by atoms with Gasteiger partial charge in [0.15, 0.2) is 0 Å². The number of carbonyl (C=O) groups is 1. The summed E-state index contributed by atoms with van der Waals surface area (Å²) in [6.45, 7) is 5.59.